The predicted octanol–water partition coefficient (Wildman–Crippen LogP) is 4.57. The van der Waals surface area contributed by atoms with Gasteiger partial charge in [0.15, 0.2) is 5.65 Å². The first-order valence-electron chi connectivity index (χ1n) is 8.82. The highest BCUT2D eigenvalue weighted by Crippen LogP contribution is 2.24. The lowest BCUT2D eigenvalue weighted by Crippen LogP contribution is -2.14. The second-order valence-corrected chi connectivity index (χ2v) is 6.71. The van der Waals surface area contributed by atoms with Crippen molar-refractivity contribution in [2.75, 3.05) is 5.32 Å². The zero-order valence-corrected chi connectivity index (χ0v) is 15.5. The van der Waals surface area contributed by atoms with Crippen LogP contribution in [0.25, 0.3) is 16.9 Å². The van der Waals surface area contributed by atoms with E-state index >= 15 is 0 Å². The summed E-state index contributed by atoms with van der Waals surface area (Å²) in [4.78, 5) is 17.3. The fourth-order valence-corrected chi connectivity index (χ4v) is 3.19. The molecule has 0 radical (unpaired) electrons. The Hall–Kier alpha value is -3.47. The summed E-state index contributed by atoms with van der Waals surface area (Å²) in [5.74, 6) is -0.212. The van der Waals surface area contributed by atoms with E-state index in [1.54, 1.807) is 16.9 Å². The molecule has 2 aromatic heterocycles. The number of nitrogens with one attached hydrogen (secondary N) is 1. The van der Waals surface area contributed by atoms with Crippen molar-refractivity contribution >= 4 is 17.2 Å². The normalized spacial score (nSPS) is 10.9. The molecule has 27 heavy (non-hydrogen) atoms. The number of anilines is 1. The Balaban J connectivity index is 1.74. The van der Waals surface area contributed by atoms with Crippen molar-refractivity contribution in [3.05, 3.63) is 83.2 Å². The molecule has 2 heterocycles. The minimum absolute atomic E-state index is 0.212. The molecule has 0 aliphatic carbocycles. The number of aromatic nitrogens is 3. The number of para-hydroxylation sites is 1. The van der Waals surface area contributed by atoms with Crippen molar-refractivity contribution < 1.29 is 4.79 Å². The molecule has 0 saturated heterocycles. The molecule has 1 N–H and O–H groups in total. The van der Waals surface area contributed by atoms with Crippen LogP contribution in [0, 0.1) is 20.8 Å². The van der Waals surface area contributed by atoms with Crippen LogP contribution in [0.5, 0.6) is 0 Å². The fraction of sp³-hybridized carbons (Fsp3) is 0.136. The van der Waals surface area contributed by atoms with E-state index in [1.165, 1.54) is 5.56 Å². The molecule has 2 aromatic carbocycles. The van der Waals surface area contributed by atoms with Gasteiger partial charge in [0.2, 0.25) is 0 Å². The van der Waals surface area contributed by atoms with Crippen LogP contribution in [0.4, 0.5) is 5.69 Å². The zero-order valence-electron chi connectivity index (χ0n) is 15.5. The van der Waals surface area contributed by atoms with Crippen LogP contribution in [0.3, 0.4) is 0 Å². The molecule has 1 amide bonds. The van der Waals surface area contributed by atoms with Crippen LogP contribution in [0.1, 0.15) is 27.0 Å². The lowest BCUT2D eigenvalue weighted by Gasteiger charge is -2.11. The average molecular weight is 356 g/mol. The molecule has 0 fully saturated rings. The highest BCUT2D eigenvalue weighted by atomic mass is 16.1. The quantitative estimate of drug-likeness (QED) is 0.585. The Morgan fingerprint density at radius 1 is 0.963 bits per heavy atom. The van der Waals surface area contributed by atoms with E-state index in [2.05, 4.69) is 34.5 Å². The second-order valence-electron chi connectivity index (χ2n) is 6.71. The number of carbonyl (C=O) groups is 1. The molecule has 0 spiro atoms. The third kappa shape index (κ3) is 3.08. The van der Waals surface area contributed by atoms with Crippen molar-refractivity contribution in [1.82, 2.24) is 14.6 Å². The molecule has 4 aromatic rings. The second kappa shape index (κ2) is 6.68. The van der Waals surface area contributed by atoms with Crippen LogP contribution < -0.4 is 5.32 Å². The molecule has 4 rings (SSSR count). The fourth-order valence-electron chi connectivity index (χ4n) is 3.19. The molecule has 0 unspecified atom stereocenters. The summed E-state index contributed by atoms with van der Waals surface area (Å²) in [6.07, 6.45) is 3.28. The first-order chi connectivity index (χ1) is 13.0. The highest BCUT2D eigenvalue weighted by Gasteiger charge is 2.17. The van der Waals surface area contributed by atoms with E-state index in [9.17, 15) is 4.79 Å². The van der Waals surface area contributed by atoms with Gasteiger partial charge in [-0.1, -0.05) is 48.0 Å². The number of amides is 1. The molecule has 0 aliphatic heterocycles. The molecule has 0 bridgehead atoms. The summed E-state index contributed by atoms with van der Waals surface area (Å²) in [5.41, 5.74) is 6.98. The summed E-state index contributed by atoms with van der Waals surface area (Å²) in [6.45, 7) is 6.01. The van der Waals surface area contributed by atoms with Gasteiger partial charge in [-0.2, -0.15) is 5.10 Å². The van der Waals surface area contributed by atoms with Gasteiger partial charge in [-0.25, -0.2) is 9.50 Å². The molecule has 0 atom stereocenters. The lowest BCUT2D eigenvalue weighted by atomic mass is 10.1. The number of hydrogen-bond donors (Lipinski definition) is 1. The van der Waals surface area contributed by atoms with Gasteiger partial charge in [0.25, 0.3) is 5.91 Å². The molecule has 0 saturated carbocycles. The van der Waals surface area contributed by atoms with Gasteiger partial charge < -0.3 is 5.32 Å². The largest absolute Gasteiger partial charge is 0.321 e. The minimum Gasteiger partial charge on any atom is -0.321 e. The van der Waals surface area contributed by atoms with Crippen molar-refractivity contribution in [1.29, 1.82) is 0 Å². The van der Waals surface area contributed by atoms with E-state index in [4.69, 9.17) is 0 Å². The molecule has 0 aliphatic rings. The van der Waals surface area contributed by atoms with Gasteiger partial charge in [-0.05, 0) is 38.0 Å². The van der Waals surface area contributed by atoms with E-state index in [0.717, 1.165) is 28.1 Å². The van der Waals surface area contributed by atoms with Gasteiger partial charge in [-0.3, -0.25) is 4.79 Å². The van der Waals surface area contributed by atoms with Crippen molar-refractivity contribution in [3.8, 4) is 11.3 Å². The van der Waals surface area contributed by atoms with Gasteiger partial charge in [0, 0.05) is 17.4 Å². The summed E-state index contributed by atoms with van der Waals surface area (Å²) >= 11 is 0. The smallest absolute Gasteiger partial charge is 0.261 e. The highest BCUT2D eigenvalue weighted by molar-refractivity contribution is 6.08. The maximum atomic E-state index is 12.9. The molecule has 5 heteroatoms. The Morgan fingerprint density at radius 3 is 2.37 bits per heavy atom. The van der Waals surface area contributed by atoms with Crippen molar-refractivity contribution in [2.45, 2.75) is 20.8 Å². The van der Waals surface area contributed by atoms with Crippen LogP contribution in [0.15, 0.2) is 60.9 Å². The minimum atomic E-state index is -0.212. The van der Waals surface area contributed by atoms with Crippen LogP contribution in [-0.4, -0.2) is 20.5 Å². The van der Waals surface area contributed by atoms with Gasteiger partial charge in [0.05, 0.1) is 11.9 Å². The third-order valence-corrected chi connectivity index (χ3v) is 4.71. The number of fused-ring (bicyclic) bond motifs is 1. The number of carbonyl (C=O) groups excluding carboxylic acids is 1. The Kier molecular flexibility index (Phi) is 4.20. The monoisotopic (exact) mass is 356 g/mol. The summed E-state index contributed by atoms with van der Waals surface area (Å²) in [6, 6.07) is 16.0. The molecule has 134 valence electrons. The van der Waals surface area contributed by atoms with Gasteiger partial charge >= 0.3 is 0 Å². The standard InChI is InChI=1S/C22H20N4O/c1-14-7-9-17(10-8-14)19-11-12-23-21-18(13-24-26(19)21)22(27)25-20-15(2)5-4-6-16(20)3/h4-13H,1-3H3,(H,25,27). The van der Waals surface area contributed by atoms with Crippen LogP contribution in [0.2, 0.25) is 0 Å². The van der Waals surface area contributed by atoms with E-state index in [0.29, 0.717) is 11.2 Å². The van der Waals surface area contributed by atoms with Crippen LogP contribution in [-0.2, 0) is 0 Å². The Labute approximate surface area is 157 Å². The number of hydrogen-bond acceptors (Lipinski definition) is 3. The zero-order chi connectivity index (χ0) is 19.0. The average Bonchev–Trinajstić information content (AvgIpc) is 3.10. The van der Waals surface area contributed by atoms with Gasteiger partial charge in [-0.15, -0.1) is 0 Å². The lowest BCUT2D eigenvalue weighted by molar-refractivity contribution is 0.102. The topological polar surface area (TPSA) is 59.3 Å². The maximum absolute atomic E-state index is 12.9. The summed E-state index contributed by atoms with van der Waals surface area (Å²) in [7, 11) is 0. The van der Waals surface area contributed by atoms with Crippen LogP contribution >= 0.6 is 0 Å². The molecular formula is C22H20N4O. The summed E-state index contributed by atoms with van der Waals surface area (Å²) in [5, 5.41) is 7.43. The van der Waals surface area contributed by atoms with E-state index in [1.807, 2.05) is 50.2 Å². The SMILES string of the molecule is Cc1ccc(-c2ccnc3c(C(=O)Nc4c(C)cccc4C)cnn23)cc1. The Bertz CT molecular complexity index is 1120. The number of rotatable bonds is 3. The van der Waals surface area contributed by atoms with E-state index in [-0.39, 0.29) is 5.91 Å². The van der Waals surface area contributed by atoms with Gasteiger partial charge in [0.1, 0.15) is 5.56 Å². The van der Waals surface area contributed by atoms with Crippen molar-refractivity contribution in [3.63, 3.8) is 0 Å². The Morgan fingerprint density at radius 2 is 1.67 bits per heavy atom. The predicted molar refractivity (Wildman–Crippen MR) is 107 cm³/mol. The van der Waals surface area contributed by atoms with E-state index < -0.39 is 0 Å². The van der Waals surface area contributed by atoms with Crippen molar-refractivity contribution in [2.24, 2.45) is 0 Å². The third-order valence-electron chi connectivity index (χ3n) is 4.71. The first-order valence-corrected chi connectivity index (χ1v) is 8.82. The number of nitrogens with zero attached hydrogens (tertiary/aromatic N) is 3. The maximum Gasteiger partial charge on any atom is 0.261 e. The molecule has 5 nitrogen and oxygen atoms in total. The number of benzene rings is 2. The first kappa shape index (κ1) is 17.0. The number of aryl methyl sites for hydroxylation is 3. The summed E-state index contributed by atoms with van der Waals surface area (Å²) < 4.78 is 1.71. The molecular weight excluding hydrogens is 336 g/mol.